The summed E-state index contributed by atoms with van der Waals surface area (Å²) < 4.78 is 7.30. The first kappa shape index (κ1) is 9.55. The molecule has 0 bridgehead atoms. The van der Waals surface area contributed by atoms with E-state index < -0.39 is 12.0 Å². The lowest BCUT2D eigenvalue weighted by molar-refractivity contribution is -0.137. The van der Waals surface area contributed by atoms with Crippen molar-refractivity contribution < 1.29 is 11.3 Å². The zero-order chi connectivity index (χ0) is 11.3. The lowest BCUT2D eigenvalue weighted by Crippen LogP contribution is -2.32. The molecular formula is C10H13NO2S. The van der Waals surface area contributed by atoms with Crippen LogP contribution in [-0.4, -0.2) is 22.8 Å². The van der Waals surface area contributed by atoms with Gasteiger partial charge in [-0.05, 0) is 5.56 Å². The fourth-order valence-electron chi connectivity index (χ4n) is 0.915. The molecular weight excluding hydrogens is 198 g/mol. The molecule has 0 radical (unpaired) electrons. The predicted octanol–water partition coefficient (Wildman–Crippen LogP) is 1.33. The summed E-state index contributed by atoms with van der Waals surface area (Å²) in [7, 11) is 0. The van der Waals surface area contributed by atoms with Gasteiger partial charge in [-0.3, -0.25) is 4.79 Å². The molecule has 0 heterocycles. The number of aliphatic carboxylic acids is 1. The highest BCUT2D eigenvalue weighted by Crippen LogP contribution is 2.11. The van der Waals surface area contributed by atoms with Gasteiger partial charge >= 0.3 is 5.97 Å². The molecule has 3 nitrogen and oxygen atoms in total. The molecule has 0 amide bonds. The molecule has 0 fully saturated rings. The van der Waals surface area contributed by atoms with Crippen molar-refractivity contribution in [2.45, 2.75) is 11.8 Å². The summed E-state index contributed by atoms with van der Waals surface area (Å²) in [6.45, 7) is 0. The van der Waals surface area contributed by atoms with Gasteiger partial charge in [0.1, 0.15) is 6.02 Å². The normalized spacial score (nSPS) is 15.6. The number of thioether (sulfide) groups is 1. The van der Waals surface area contributed by atoms with Gasteiger partial charge in [0, 0.05) is 11.5 Å². The molecule has 76 valence electrons. The fraction of sp³-hybridized carbons (Fsp3) is 0.300. The molecule has 1 aromatic carbocycles. The lowest BCUT2D eigenvalue weighted by atomic mass is 10.2. The third-order valence-electron chi connectivity index (χ3n) is 1.64. The molecule has 1 atom stereocenters. The van der Waals surface area contributed by atoms with Crippen molar-refractivity contribution in [1.82, 2.24) is 0 Å². The molecule has 0 spiro atoms. The number of carboxylic acids is 1. The molecule has 0 saturated heterocycles. The van der Waals surface area contributed by atoms with Crippen molar-refractivity contribution in [3.05, 3.63) is 35.9 Å². The van der Waals surface area contributed by atoms with E-state index in [9.17, 15) is 4.79 Å². The largest absolute Gasteiger partial charge is 0.480 e. The molecule has 4 heteroatoms. The quantitative estimate of drug-likeness (QED) is 0.773. The average Bonchev–Trinajstić information content (AvgIpc) is 2.19. The van der Waals surface area contributed by atoms with Gasteiger partial charge in [-0.25, -0.2) is 0 Å². The van der Waals surface area contributed by atoms with Gasteiger partial charge in [0.2, 0.25) is 0 Å². The second kappa shape index (κ2) is 5.67. The van der Waals surface area contributed by atoms with Crippen LogP contribution in [-0.2, 0) is 10.5 Å². The highest BCUT2D eigenvalue weighted by Gasteiger charge is 2.10. The van der Waals surface area contributed by atoms with E-state index >= 15 is 0 Å². The molecule has 0 aliphatic heterocycles. The van der Waals surface area contributed by atoms with Crippen LogP contribution in [0.5, 0.6) is 0 Å². The van der Waals surface area contributed by atoms with Crippen molar-refractivity contribution in [1.29, 1.82) is 0 Å². The Hall–Kier alpha value is -1.00. The molecule has 0 aliphatic rings. The molecule has 0 unspecified atom stereocenters. The van der Waals surface area contributed by atoms with Gasteiger partial charge in [0.05, 0.1) is 1.37 Å². The van der Waals surface area contributed by atoms with Crippen molar-refractivity contribution in [2.24, 2.45) is 5.73 Å². The Kier molecular flexibility index (Phi) is 3.87. The molecule has 0 aliphatic carbocycles. The molecule has 0 aromatic heterocycles. The first-order valence-electron chi connectivity index (χ1n) is 4.66. The molecule has 3 N–H and O–H groups in total. The topological polar surface area (TPSA) is 63.3 Å². The van der Waals surface area contributed by atoms with Crippen molar-refractivity contribution in [3.8, 4) is 0 Å². The van der Waals surface area contributed by atoms with Crippen LogP contribution >= 0.6 is 11.8 Å². The second-order valence-corrected chi connectivity index (χ2v) is 3.79. The zero-order valence-electron chi connectivity index (χ0n) is 8.64. The smallest absolute Gasteiger partial charge is 0.321 e. The third-order valence-corrected chi connectivity index (χ3v) is 2.70. The predicted molar refractivity (Wildman–Crippen MR) is 58.2 cm³/mol. The summed E-state index contributed by atoms with van der Waals surface area (Å²) in [6, 6.07) is 7.78. The Morgan fingerprint density at radius 3 is 2.79 bits per heavy atom. The summed E-state index contributed by atoms with van der Waals surface area (Å²) in [6.07, 6.45) is 0. The Morgan fingerprint density at radius 1 is 1.57 bits per heavy atom. The van der Waals surface area contributed by atoms with E-state index in [4.69, 9.17) is 12.2 Å². The second-order valence-electron chi connectivity index (χ2n) is 2.81. The number of rotatable bonds is 5. The summed E-state index contributed by atoms with van der Waals surface area (Å²) in [5.74, 6) is -0.536. The Bertz CT molecular complexity index is 329. The van der Waals surface area contributed by atoms with Crippen LogP contribution in [0.3, 0.4) is 0 Å². The van der Waals surface area contributed by atoms with Gasteiger partial charge in [-0.2, -0.15) is 11.8 Å². The summed E-state index contributed by atoms with van der Waals surface area (Å²) in [4.78, 5) is 10.5. The SMILES string of the molecule is [2H][C@@](N)(CSCc1ccccc1)C(=O)O. The molecule has 1 aromatic rings. The highest BCUT2D eigenvalue weighted by molar-refractivity contribution is 7.98. The Balaban J connectivity index is 2.37. The standard InChI is InChI=1S/C10H13NO2S/c11-9(10(12)13)7-14-6-8-4-2-1-3-5-8/h1-5,9H,6-7,11H2,(H,12,13)/t9-/m1/s1/i9D. The monoisotopic (exact) mass is 212 g/mol. The van der Waals surface area contributed by atoms with Crippen LogP contribution in [0.2, 0.25) is 0 Å². The number of carbonyl (C=O) groups is 1. The van der Waals surface area contributed by atoms with E-state index in [0.717, 1.165) is 5.56 Å². The average molecular weight is 212 g/mol. The lowest BCUT2D eigenvalue weighted by Gasteiger charge is -2.05. The number of benzene rings is 1. The number of nitrogens with two attached hydrogens (primary N) is 1. The van der Waals surface area contributed by atoms with Crippen LogP contribution in [0, 0.1) is 0 Å². The third kappa shape index (κ3) is 3.81. The van der Waals surface area contributed by atoms with Gasteiger partial charge in [-0.1, -0.05) is 30.3 Å². The maximum absolute atomic E-state index is 10.5. The minimum atomic E-state index is -1.89. The minimum absolute atomic E-state index is 0.0806. The van der Waals surface area contributed by atoms with Crippen LogP contribution < -0.4 is 5.73 Å². The van der Waals surface area contributed by atoms with Crippen molar-refractivity contribution in [2.75, 3.05) is 5.75 Å². The number of carboxylic acid groups (broad SMARTS) is 1. The highest BCUT2D eigenvalue weighted by atomic mass is 32.2. The summed E-state index contributed by atoms with van der Waals surface area (Å²) in [5.41, 5.74) is 6.37. The Labute approximate surface area is 88.7 Å². The van der Waals surface area contributed by atoms with Crippen molar-refractivity contribution in [3.63, 3.8) is 0 Å². The maximum Gasteiger partial charge on any atom is 0.321 e. The fourth-order valence-corrected chi connectivity index (χ4v) is 1.79. The van der Waals surface area contributed by atoms with E-state index in [1.54, 1.807) is 0 Å². The van der Waals surface area contributed by atoms with Crippen molar-refractivity contribution >= 4 is 17.7 Å². The van der Waals surface area contributed by atoms with E-state index in [1.165, 1.54) is 11.8 Å². The van der Waals surface area contributed by atoms with Gasteiger partial charge in [-0.15, -0.1) is 0 Å². The molecule has 0 saturated carbocycles. The van der Waals surface area contributed by atoms with E-state index in [2.05, 4.69) is 0 Å². The van der Waals surface area contributed by atoms with E-state index in [1.807, 2.05) is 30.3 Å². The summed E-state index contributed by atoms with van der Waals surface area (Å²) in [5, 5.41) is 8.61. The number of hydrogen-bond acceptors (Lipinski definition) is 3. The van der Waals surface area contributed by atoms with Crippen LogP contribution in [0.4, 0.5) is 0 Å². The van der Waals surface area contributed by atoms with Gasteiger partial charge in [0.15, 0.2) is 0 Å². The van der Waals surface area contributed by atoms with E-state index in [0.29, 0.717) is 5.75 Å². The first-order valence-corrected chi connectivity index (χ1v) is 5.32. The zero-order valence-corrected chi connectivity index (χ0v) is 8.46. The maximum atomic E-state index is 10.5. The van der Waals surface area contributed by atoms with Gasteiger partial charge in [0.25, 0.3) is 0 Å². The van der Waals surface area contributed by atoms with Gasteiger partial charge < -0.3 is 10.8 Å². The first-order chi connectivity index (χ1) is 7.02. The van der Waals surface area contributed by atoms with Crippen LogP contribution in [0.1, 0.15) is 6.93 Å². The van der Waals surface area contributed by atoms with Crippen LogP contribution in [0.15, 0.2) is 30.3 Å². The Morgan fingerprint density at radius 2 is 2.21 bits per heavy atom. The number of hydrogen-bond donors (Lipinski definition) is 2. The molecule has 14 heavy (non-hydrogen) atoms. The molecule has 1 rings (SSSR count). The minimum Gasteiger partial charge on any atom is -0.480 e. The van der Waals surface area contributed by atoms with E-state index in [-0.39, 0.29) is 5.75 Å². The summed E-state index contributed by atoms with van der Waals surface area (Å²) >= 11 is 1.35. The van der Waals surface area contributed by atoms with Crippen LogP contribution in [0.25, 0.3) is 0 Å².